The van der Waals surface area contributed by atoms with Crippen LogP contribution in [0.15, 0.2) is 36.0 Å². The van der Waals surface area contributed by atoms with E-state index >= 15 is 0 Å². The number of rotatable bonds is 2. The Labute approximate surface area is 139 Å². The van der Waals surface area contributed by atoms with Gasteiger partial charge in [-0.2, -0.15) is 0 Å². The highest BCUT2D eigenvalue weighted by atomic mass is 16.6. The number of cyclic esters (lactones) is 1. The molecule has 3 heteroatoms. The summed E-state index contributed by atoms with van der Waals surface area (Å²) in [6, 6.07) is 0. The Morgan fingerprint density at radius 1 is 1.35 bits per heavy atom. The zero-order chi connectivity index (χ0) is 16.8. The Kier molecular flexibility index (Phi) is 4.04. The fourth-order valence-electron chi connectivity index (χ4n) is 5.32. The van der Waals surface area contributed by atoms with Crippen LogP contribution in [0, 0.1) is 22.7 Å². The van der Waals surface area contributed by atoms with Gasteiger partial charge in [-0.25, -0.2) is 4.79 Å². The molecule has 0 aromatic heterocycles. The summed E-state index contributed by atoms with van der Waals surface area (Å²) in [5, 5.41) is 9.75. The smallest absolute Gasteiger partial charge is 0.333 e. The first-order valence-electron chi connectivity index (χ1n) is 8.70. The maximum Gasteiger partial charge on any atom is 0.333 e. The number of ether oxygens (including phenoxy) is 1. The summed E-state index contributed by atoms with van der Waals surface area (Å²) in [6.07, 6.45) is 10.3. The molecule has 2 aliphatic carbocycles. The number of carbonyl (C=O) groups is 1. The average Bonchev–Trinajstić information content (AvgIpc) is 2.75. The van der Waals surface area contributed by atoms with Crippen LogP contribution in [0.1, 0.15) is 52.9 Å². The van der Waals surface area contributed by atoms with Gasteiger partial charge in [-0.15, -0.1) is 0 Å². The van der Waals surface area contributed by atoms with E-state index in [1.807, 2.05) is 6.08 Å². The van der Waals surface area contributed by atoms with Gasteiger partial charge in [-0.05, 0) is 42.4 Å². The lowest BCUT2D eigenvalue weighted by Gasteiger charge is -2.57. The standard InChI is InChI=1S/C20H28O3/c1-13-6-9-16-19(2,3)10-5-11-20(16,4)15(13)8-7-14-12-17(21)23-18(14)22/h7-8,12,15-16,18,22H,1,5-6,9-11H2,2-4H3/t15-,16-,18?,20-/m1/s1. The summed E-state index contributed by atoms with van der Waals surface area (Å²) < 4.78 is 4.76. The third kappa shape index (κ3) is 2.80. The number of aliphatic hydroxyl groups is 1. The molecule has 1 aliphatic heterocycles. The van der Waals surface area contributed by atoms with Crippen LogP contribution in [0.2, 0.25) is 0 Å². The van der Waals surface area contributed by atoms with E-state index in [0.717, 1.165) is 6.42 Å². The second-order valence-corrected chi connectivity index (χ2v) is 8.37. The van der Waals surface area contributed by atoms with Crippen molar-refractivity contribution >= 4 is 5.97 Å². The SMILES string of the molecule is C=C1CC[C@@H]2C(C)(C)CCC[C@]2(C)[C@@H]1C=CC1=CC(=O)OC1O. The Morgan fingerprint density at radius 3 is 2.74 bits per heavy atom. The molecule has 0 aromatic rings. The molecule has 23 heavy (non-hydrogen) atoms. The van der Waals surface area contributed by atoms with Gasteiger partial charge in [0.15, 0.2) is 0 Å². The zero-order valence-electron chi connectivity index (χ0n) is 14.5. The summed E-state index contributed by atoms with van der Waals surface area (Å²) in [5.41, 5.74) is 2.40. The van der Waals surface area contributed by atoms with Crippen molar-refractivity contribution in [3.63, 3.8) is 0 Å². The lowest BCUT2D eigenvalue weighted by atomic mass is 9.47. The molecule has 2 fully saturated rings. The number of aliphatic hydroxyl groups excluding tert-OH is 1. The Morgan fingerprint density at radius 2 is 2.09 bits per heavy atom. The summed E-state index contributed by atoms with van der Waals surface area (Å²) in [7, 11) is 0. The van der Waals surface area contributed by atoms with Gasteiger partial charge in [0, 0.05) is 17.6 Å². The molecule has 0 spiro atoms. The Hall–Kier alpha value is -1.35. The third-order valence-electron chi connectivity index (χ3n) is 6.46. The van der Waals surface area contributed by atoms with E-state index in [2.05, 4.69) is 33.4 Å². The molecule has 0 amide bonds. The van der Waals surface area contributed by atoms with Crippen LogP contribution in [0.25, 0.3) is 0 Å². The topological polar surface area (TPSA) is 46.5 Å². The van der Waals surface area contributed by atoms with Crippen molar-refractivity contribution in [2.24, 2.45) is 22.7 Å². The first-order valence-corrected chi connectivity index (χ1v) is 8.70. The number of allylic oxidation sites excluding steroid dienone is 2. The second kappa shape index (κ2) is 5.62. The molecule has 4 atom stereocenters. The molecule has 0 saturated heterocycles. The molecule has 126 valence electrons. The van der Waals surface area contributed by atoms with Gasteiger partial charge in [0.25, 0.3) is 0 Å². The molecule has 1 unspecified atom stereocenters. The lowest BCUT2D eigenvalue weighted by molar-refractivity contribution is -0.150. The van der Waals surface area contributed by atoms with Gasteiger partial charge < -0.3 is 9.84 Å². The number of hydrogen-bond donors (Lipinski definition) is 1. The fraction of sp³-hybridized carbons (Fsp3) is 0.650. The molecular weight excluding hydrogens is 288 g/mol. The monoisotopic (exact) mass is 316 g/mol. The van der Waals surface area contributed by atoms with Crippen molar-refractivity contribution in [3.05, 3.63) is 36.0 Å². The maximum atomic E-state index is 11.2. The van der Waals surface area contributed by atoms with Gasteiger partial charge in [-0.1, -0.05) is 51.5 Å². The first-order chi connectivity index (χ1) is 10.7. The molecule has 1 heterocycles. The number of carbonyl (C=O) groups excluding carboxylic acids is 1. The Bertz CT molecular complexity index is 584. The van der Waals surface area contributed by atoms with Crippen LogP contribution >= 0.6 is 0 Å². The van der Waals surface area contributed by atoms with E-state index in [9.17, 15) is 9.90 Å². The van der Waals surface area contributed by atoms with Gasteiger partial charge >= 0.3 is 5.97 Å². The minimum absolute atomic E-state index is 0.211. The van der Waals surface area contributed by atoms with E-state index in [4.69, 9.17) is 4.74 Å². The average molecular weight is 316 g/mol. The minimum atomic E-state index is -1.12. The third-order valence-corrected chi connectivity index (χ3v) is 6.46. The summed E-state index contributed by atoms with van der Waals surface area (Å²) in [5.74, 6) is 0.511. The Balaban J connectivity index is 1.89. The van der Waals surface area contributed by atoms with E-state index < -0.39 is 12.3 Å². The van der Waals surface area contributed by atoms with Crippen molar-refractivity contribution in [1.29, 1.82) is 0 Å². The van der Waals surface area contributed by atoms with Crippen LogP contribution < -0.4 is 0 Å². The van der Waals surface area contributed by atoms with E-state index in [0.29, 0.717) is 22.8 Å². The highest BCUT2D eigenvalue weighted by molar-refractivity contribution is 5.86. The number of hydrogen-bond acceptors (Lipinski definition) is 3. The largest absolute Gasteiger partial charge is 0.428 e. The lowest BCUT2D eigenvalue weighted by Crippen LogP contribution is -2.48. The van der Waals surface area contributed by atoms with Crippen molar-refractivity contribution in [1.82, 2.24) is 0 Å². The predicted octanol–water partition coefficient (Wildman–Crippen LogP) is 4.14. The van der Waals surface area contributed by atoms with E-state index in [-0.39, 0.29) is 5.41 Å². The van der Waals surface area contributed by atoms with Gasteiger partial charge in [0.05, 0.1) is 0 Å². The van der Waals surface area contributed by atoms with Crippen LogP contribution in [0.3, 0.4) is 0 Å². The zero-order valence-corrected chi connectivity index (χ0v) is 14.5. The summed E-state index contributed by atoms with van der Waals surface area (Å²) in [6.45, 7) is 11.5. The van der Waals surface area contributed by atoms with Gasteiger partial charge in [0.2, 0.25) is 6.29 Å². The molecule has 0 bridgehead atoms. The molecule has 0 radical (unpaired) electrons. The molecule has 3 aliphatic rings. The highest BCUT2D eigenvalue weighted by Crippen LogP contribution is 2.61. The maximum absolute atomic E-state index is 11.2. The summed E-state index contributed by atoms with van der Waals surface area (Å²) >= 11 is 0. The van der Waals surface area contributed by atoms with Gasteiger partial charge in [0.1, 0.15) is 0 Å². The predicted molar refractivity (Wildman–Crippen MR) is 90.4 cm³/mol. The normalized spacial score (nSPS) is 40.0. The summed E-state index contributed by atoms with van der Waals surface area (Å²) in [4.78, 5) is 11.2. The molecule has 3 nitrogen and oxygen atoms in total. The van der Waals surface area contributed by atoms with Crippen LogP contribution in [-0.4, -0.2) is 17.4 Å². The van der Waals surface area contributed by atoms with Crippen molar-refractivity contribution < 1.29 is 14.6 Å². The molecular formula is C20H28O3. The molecule has 2 saturated carbocycles. The minimum Gasteiger partial charge on any atom is -0.428 e. The first kappa shape index (κ1) is 16.5. The van der Waals surface area contributed by atoms with Crippen LogP contribution in [0.5, 0.6) is 0 Å². The van der Waals surface area contributed by atoms with E-state index in [1.54, 1.807) is 0 Å². The van der Waals surface area contributed by atoms with Gasteiger partial charge in [-0.3, -0.25) is 0 Å². The van der Waals surface area contributed by atoms with Crippen molar-refractivity contribution in [3.8, 4) is 0 Å². The van der Waals surface area contributed by atoms with Crippen LogP contribution in [-0.2, 0) is 9.53 Å². The van der Waals surface area contributed by atoms with Crippen LogP contribution in [0.4, 0.5) is 0 Å². The number of fused-ring (bicyclic) bond motifs is 1. The molecule has 1 N–H and O–H groups in total. The van der Waals surface area contributed by atoms with Crippen molar-refractivity contribution in [2.45, 2.75) is 59.2 Å². The highest BCUT2D eigenvalue weighted by Gasteiger charge is 2.52. The van der Waals surface area contributed by atoms with E-state index in [1.165, 1.54) is 37.3 Å². The van der Waals surface area contributed by atoms with Crippen molar-refractivity contribution in [2.75, 3.05) is 0 Å². The second-order valence-electron chi connectivity index (χ2n) is 8.37. The molecule has 0 aromatic carbocycles. The number of esters is 1. The molecule has 3 rings (SSSR count). The fourth-order valence-corrected chi connectivity index (χ4v) is 5.32. The quantitative estimate of drug-likeness (QED) is 0.615.